The van der Waals surface area contributed by atoms with Gasteiger partial charge in [-0.3, -0.25) is 4.90 Å². The molecular formula is C21H36N2O4. The summed E-state index contributed by atoms with van der Waals surface area (Å²) in [6, 6.07) is 6.02. The highest BCUT2D eigenvalue weighted by atomic mass is 16.5. The summed E-state index contributed by atoms with van der Waals surface area (Å²) in [6.07, 6.45) is -0.523. The molecule has 0 radical (unpaired) electrons. The van der Waals surface area contributed by atoms with Crippen molar-refractivity contribution >= 4 is 0 Å². The van der Waals surface area contributed by atoms with Crippen molar-refractivity contribution in [1.82, 2.24) is 9.80 Å². The number of aliphatic hydroxyl groups is 1. The summed E-state index contributed by atoms with van der Waals surface area (Å²) in [5.74, 6) is 1.37. The molecule has 6 nitrogen and oxygen atoms in total. The van der Waals surface area contributed by atoms with E-state index in [-0.39, 0.29) is 12.2 Å². The van der Waals surface area contributed by atoms with Crippen molar-refractivity contribution in [2.45, 2.75) is 45.9 Å². The highest BCUT2D eigenvalue weighted by Crippen LogP contribution is 2.29. The van der Waals surface area contributed by atoms with Gasteiger partial charge in [0.15, 0.2) is 11.5 Å². The second-order valence-electron chi connectivity index (χ2n) is 7.75. The van der Waals surface area contributed by atoms with Gasteiger partial charge in [0.25, 0.3) is 0 Å². The van der Waals surface area contributed by atoms with Gasteiger partial charge in [-0.1, -0.05) is 19.9 Å². The molecule has 1 heterocycles. The summed E-state index contributed by atoms with van der Waals surface area (Å²) in [6.45, 7) is 14.6. The molecule has 1 atom stereocenters. The summed E-state index contributed by atoms with van der Waals surface area (Å²) in [4.78, 5) is 4.57. The minimum Gasteiger partial charge on any atom is -0.493 e. The number of aliphatic hydroxyl groups excluding tert-OH is 1. The summed E-state index contributed by atoms with van der Waals surface area (Å²) in [5.41, 5.74) is 1.08. The van der Waals surface area contributed by atoms with E-state index < -0.39 is 6.10 Å². The topological polar surface area (TPSA) is 54.4 Å². The minimum atomic E-state index is -0.523. The van der Waals surface area contributed by atoms with Crippen LogP contribution in [0.5, 0.6) is 11.5 Å². The van der Waals surface area contributed by atoms with E-state index in [0.717, 1.165) is 39.3 Å². The number of rotatable bonds is 10. The number of hydrogen-bond acceptors (Lipinski definition) is 6. The van der Waals surface area contributed by atoms with Crippen LogP contribution in [0.25, 0.3) is 0 Å². The molecule has 0 saturated carbocycles. The van der Waals surface area contributed by atoms with Gasteiger partial charge in [-0.25, -0.2) is 0 Å². The van der Waals surface area contributed by atoms with Crippen molar-refractivity contribution in [3.63, 3.8) is 0 Å². The molecule has 0 spiro atoms. The molecule has 2 rings (SSSR count). The largest absolute Gasteiger partial charge is 0.493 e. The first kappa shape index (κ1) is 22.0. The Bertz CT molecular complexity index is 575. The van der Waals surface area contributed by atoms with Crippen LogP contribution in [0.1, 0.15) is 33.3 Å². The number of ether oxygens (including phenoxy) is 3. The van der Waals surface area contributed by atoms with E-state index in [2.05, 4.69) is 43.6 Å². The van der Waals surface area contributed by atoms with Crippen molar-refractivity contribution in [2.24, 2.45) is 0 Å². The zero-order valence-corrected chi connectivity index (χ0v) is 17.5. The zero-order chi connectivity index (χ0) is 19.9. The fraction of sp³-hybridized carbons (Fsp3) is 0.714. The van der Waals surface area contributed by atoms with Crippen LogP contribution in [-0.4, -0.2) is 79.7 Å². The molecule has 0 aromatic heterocycles. The minimum absolute atomic E-state index is 0.105. The Hall–Kier alpha value is -1.34. The lowest BCUT2D eigenvalue weighted by Gasteiger charge is -2.38. The third-order valence-electron chi connectivity index (χ3n) is 4.93. The van der Waals surface area contributed by atoms with Gasteiger partial charge in [0, 0.05) is 26.2 Å². The van der Waals surface area contributed by atoms with Crippen molar-refractivity contribution in [3.05, 3.63) is 23.8 Å². The lowest BCUT2D eigenvalue weighted by Crippen LogP contribution is -2.47. The summed E-state index contributed by atoms with van der Waals surface area (Å²) >= 11 is 0. The van der Waals surface area contributed by atoms with Crippen LogP contribution in [0, 0.1) is 0 Å². The maximum absolute atomic E-state index is 10.2. The van der Waals surface area contributed by atoms with Crippen LogP contribution in [0.4, 0.5) is 0 Å². The predicted octanol–water partition coefficient (Wildman–Crippen LogP) is 2.39. The van der Waals surface area contributed by atoms with Gasteiger partial charge < -0.3 is 24.2 Å². The molecule has 1 aliphatic heterocycles. The lowest BCUT2D eigenvalue weighted by molar-refractivity contribution is -0.0882. The van der Waals surface area contributed by atoms with E-state index in [1.807, 2.05) is 12.1 Å². The first-order valence-electron chi connectivity index (χ1n) is 9.93. The van der Waals surface area contributed by atoms with Crippen molar-refractivity contribution in [3.8, 4) is 11.5 Å². The Morgan fingerprint density at radius 1 is 1.26 bits per heavy atom. The number of likely N-dealkylation sites (N-methyl/N-ethyl adjacent to an activating group) is 1. The average molecular weight is 381 g/mol. The molecule has 0 aliphatic carbocycles. The first-order valence-corrected chi connectivity index (χ1v) is 9.93. The van der Waals surface area contributed by atoms with Gasteiger partial charge in [0.05, 0.1) is 19.3 Å². The van der Waals surface area contributed by atoms with E-state index in [1.165, 1.54) is 5.56 Å². The van der Waals surface area contributed by atoms with Crippen molar-refractivity contribution in [1.29, 1.82) is 0 Å². The van der Waals surface area contributed by atoms with E-state index in [4.69, 9.17) is 14.2 Å². The molecule has 1 aromatic carbocycles. The molecule has 1 saturated heterocycles. The molecule has 154 valence electrons. The van der Waals surface area contributed by atoms with Crippen LogP contribution < -0.4 is 9.47 Å². The van der Waals surface area contributed by atoms with Crippen LogP contribution in [0.15, 0.2) is 18.2 Å². The lowest BCUT2D eigenvalue weighted by atomic mass is 10.1. The van der Waals surface area contributed by atoms with Gasteiger partial charge in [0.1, 0.15) is 12.7 Å². The van der Waals surface area contributed by atoms with Crippen molar-refractivity contribution in [2.75, 3.05) is 53.0 Å². The number of methoxy groups -OCH3 is 1. The average Bonchev–Trinajstić information content (AvgIpc) is 2.64. The molecule has 6 heteroatoms. The fourth-order valence-electron chi connectivity index (χ4n) is 3.46. The molecule has 27 heavy (non-hydrogen) atoms. The number of nitrogens with zero attached hydrogens (tertiary/aromatic N) is 2. The number of hydrogen-bond donors (Lipinski definition) is 1. The molecule has 1 unspecified atom stereocenters. The maximum atomic E-state index is 10.2. The Balaban J connectivity index is 1.93. The third-order valence-corrected chi connectivity index (χ3v) is 4.93. The first-order chi connectivity index (χ1) is 12.9. The third kappa shape index (κ3) is 6.96. The molecule has 1 fully saturated rings. The number of morpholine rings is 1. The fourth-order valence-corrected chi connectivity index (χ4v) is 3.46. The predicted molar refractivity (Wildman–Crippen MR) is 108 cm³/mol. The summed E-state index contributed by atoms with van der Waals surface area (Å²) in [7, 11) is 1.65. The van der Waals surface area contributed by atoms with E-state index in [9.17, 15) is 5.11 Å². The zero-order valence-electron chi connectivity index (χ0n) is 17.5. The SMILES string of the molecule is CCN(CC)CC(O)COc1ccc(CN2CCOC(C)(C)C2)cc1OC. The normalized spacial score (nSPS) is 18.5. The Kier molecular flexibility index (Phi) is 8.35. The van der Waals surface area contributed by atoms with Gasteiger partial charge in [0.2, 0.25) is 0 Å². The van der Waals surface area contributed by atoms with Gasteiger partial charge in [-0.15, -0.1) is 0 Å². The maximum Gasteiger partial charge on any atom is 0.161 e. The molecule has 1 aromatic rings. The smallest absolute Gasteiger partial charge is 0.161 e. The Labute approximate surface area is 164 Å². The standard InChI is InChI=1S/C21H36N2O4/c1-6-22(7-2)14-18(24)15-26-19-9-8-17(12-20(19)25-5)13-23-10-11-27-21(3,4)16-23/h8-9,12,18,24H,6-7,10-11,13-16H2,1-5H3. The quantitative estimate of drug-likeness (QED) is 0.673. The van der Waals surface area contributed by atoms with Gasteiger partial charge in [-0.05, 0) is 44.6 Å². The van der Waals surface area contributed by atoms with Crippen LogP contribution in [-0.2, 0) is 11.3 Å². The summed E-state index contributed by atoms with van der Waals surface area (Å²) in [5, 5.41) is 10.2. The van der Waals surface area contributed by atoms with Gasteiger partial charge >= 0.3 is 0 Å². The molecule has 1 aliphatic rings. The second-order valence-corrected chi connectivity index (χ2v) is 7.75. The molecular weight excluding hydrogens is 344 g/mol. The second kappa shape index (κ2) is 10.3. The molecule has 0 amide bonds. The highest BCUT2D eigenvalue weighted by Gasteiger charge is 2.27. The monoisotopic (exact) mass is 380 g/mol. The van der Waals surface area contributed by atoms with E-state index in [0.29, 0.717) is 18.0 Å². The van der Waals surface area contributed by atoms with Crippen molar-refractivity contribution < 1.29 is 19.3 Å². The highest BCUT2D eigenvalue weighted by molar-refractivity contribution is 5.43. The Morgan fingerprint density at radius 2 is 2.00 bits per heavy atom. The van der Waals surface area contributed by atoms with E-state index in [1.54, 1.807) is 7.11 Å². The van der Waals surface area contributed by atoms with Crippen LogP contribution >= 0.6 is 0 Å². The molecule has 0 bridgehead atoms. The van der Waals surface area contributed by atoms with E-state index >= 15 is 0 Å². The van der Waals surface area contributed by atoms with Gasteiger partial charge in [-0.2, -0.15) is 0 Å². The summed E-state index contributed by atoms with van der Waals surface area (Å²) < 4.78 is 17.1. The van der Waals surface area contributed by atoms with Crippen LogP contribution in [0.2, 0.25) is 0 Å². The number of benzene rings is 1. The Morgan fingerprint density at radius 3 is 2.63 bits per heavy atom. The van der Waals surface area contributed by atoms with Crippen LogP contribution in [0.3, 0.4) is 0 Å². The molecule has 1 N–H and O–H groups in total.